The van der Waals surface area contributed by atoms with Crippen molar-refractivity contribution in [1.29, 1.82) is 0 Å². The van der Waals surface area contributed by atoms with Crippen molar-refractivity contribution in [3.63, 3.8) is 0 Å². The first kappa shape index (κ1) is 13.4. The molecule has 3 heteroatoms. The molecule has 0 aromatic rings. The molecule has 0 aromatic heterocycles. The highest BCUT2D eigenvalue weighted by atomic mass is 16.5. The minimum absolute atomic E-state index is 0.0313. The Hall–Kier alpha value is -0.570. The van der Waals surface area contributed by atoms with E-state index in [1.165, 1.54) is 0 Å². The molecule has 0 heterocycles. The maximum Gasteiger partial charge on any atom is 0.308 e. The van der Waals surface area contributed by atoms with Gasteiger partial charge in [-0.15, -0.1) is 0 Å². The number of nitrogens with one attached hydrogen (secondary N) is 1. The first-order valence-electron chi connectivity index (χ1n) is 5.57. The number of hydrogen-bond acceptors (Lipinski definition) is 3. The van der Waals surface area contributed by atoms with E-state index in [9.17, 15) is 4.79 Å². The quantitative estimate of drug-likeness (QED) is 0.482. The highest BCUT2D eigenvalue weighted by Gasteiger charge is 2.16. The molecule has 0 fully saturated rings. The lowest BCUT2D eigenvalue weighted by molar-refractivity contribution is -0.148. The van der Waals surface area contributed by atoms with Gasteiger partial charge < -0.3 is 10.1 Å². The minimum Gasteiger partial charge on any atom is -0.464 e. The fourth-order valence-corrected chi connectivity index (χ4v) is 1.31. The Kier molecular flexibility index (Phi) is 8.64. The fraction of sp³-hybridized carbons (Fsp3) is 0.909. The van der Waals surface area contributed by atoms with Gasteiger partial charge in [-0.2, -0.15) is 0 Å². The number of esters is 1. The first-order valence-corrected chi connectivity index (χ1v) is 5.57. The number of likely N-dealkylation sites (N-methyl/N-ethyl adjacent to an activating group) is 1. The Balaban J connectivity index is 3.67. The Morgan fingerprint density at radius 1 is 1.43 bits per heavy atom. The molecule has 0 rings (SSSR count). The van der Waals surface area contributed by atoms with E-state index in [0.29, 0.717) is 6.61 Å². The molecule has 0 bridgehead atoms. The number of unbranched alkanes of at least 4 members (excludes halogenated alkanes) is 1. The monoisotopic (exact) mass is 201 g/mol. The van der Waals surface area contributed by atoms with Crippen LogP contribution in [0.4, 0.5) is 0 Å². The Labute approximate surface area is 87.2 Å². The van der Waals surface area contributed by atoms with Gasteiger partial charge in [0.25, 0.3) is 0 Å². The van der Waals surface area contributed by atoms with E-state index in [1.54, 1.807) is 0 Å². The fourth-order valence-electron chi connectivity index (χ4n) is 1.31. The van der Waals surface area contributed by atoms with E-state index in [0.717, 1.165) is 32.2 Å². The second kappa shape index (κ2) is 9.00. The van der Waals surface area contributed by atoms with Gasteiger partial charge in [0.05, 0.1) is 5.92 Å². The lowest BCUT2D eigenvalue weighted by Crippen LogP contribution is -2.22. The van der Waals surface area contributed by atoms with Crippen molar-refractivity contribution >= 4 is 5.97 Å². The minimum atomic E-state index is -0.0313. The van der Waals surface area contributed by atoms with Crippen molar-refractivity contribution in [2.24, 2.45) is 5.92 Å². The molecular weight excluding hydrogens is 178 g/mol. The summed E-state index contributed by atoms with van der Waals surface area (Å²) in [6.45, 7) is 5.40. The van der Waals surface area contributed by atoms with Gasteiger partial charge in [0, 0.05) is 6.54 Å². The number of rotatable bonds is 8. The topological polar surface area (TPSA) is 38.3 Å². The number of carbonyl (C=O) groups is 1. The third-order valence-electron chi connectivity index (χ3n) is 2.33. The standard InChI is InChI=1S/C11H23NO2/c1-4-6-7-10(5-2)11(13)14-9-8-12-3/h10,12H,4-9H2,1-3H3. The molecule has 1 N–H and O–H groups in total. The molecule has 0 radical (unpaired) electrons. The molecule has 14 heavy (non-hydrogen) atoms. The predicted molar refractivity (Wildman–Crippen MR) is 58.2 cm³/mol. The van der Waals surface area contributed by atoms with Gasteiger partial charge in [-0.3, -0.25) is 4.79 Å². The highest BCUT2D eigenvalue weighted by molar-refractivity contribution is 5.72. The molecule has 0 amide bonds. The summed E-state index contributed by atoms with van der Waals surface area (Å²) in [5.74, 6) is 0.0722. The smallest absolute Gasteiger partial charge is 0.308 e. The molecule has 1 atom stereocenters. The van der Waals surface area contributed by atoms with Crippen LogP contribution in [0.25, 0.3) is 0 Å². The Morgan fingerprint density at radius 3 is 2.64 bits per heavy atom. The van der Waals surface area contributed by atoms with Crippen molar-refractivity contribution in [2.45, 2.75) is 39.5 Å². The summed E-state index contributed by atoms with van der Waals surface area (Å²) >= 11 is 0. The lowest BCUT2D eigenvalue weighted by atomic mass is 10.00. The van der Waals surface area contributed by atoms with Crippen LogP contribution in [0.3, 0.4) is 0 Å². The normalized spacial score (nSPS) is 12.5. The maximum absolute atomic E-state index is 11.5. The molecule has 0 aliphatic rings. The van der Waals surface area contributed by atoms with Gasteiger partial charge in [-0.1, -0.05) is 26.7 Å². The van der Waals surface area contributed by atoms with E-state index < -0.39 is 0 Å². The first-order chi connectivity index (χ1) is 6.76. The SMILES string of the molecule is CCCCC(CC)C(=O)OCCNC. The van der Waals surface area contributed by atoms with Gasteiger partial charge in [-0.05, 0) is 19.9 Å². The molecule has 0 aromatic carbocycles. The number of ether oxygens (including phenoxy) is 1. The van der Waals surface area contributed by atoms with E-state index >= 15 is 0 Å². The van der Waals surface area contributed by atoms with Crippen molar-refractivity contribution in [2.75, 3.05) is 20.2 Å². The third-order valence-corrected chi connectivity index (χ3v) is 2.33. The van der Waals surface area contributed by atoms with Crippen LogP contribution in [0.1, 0.15) is 39.5 Å². The van der Waals surface area contributed by atoms with E-state index in [1.807, 2.05) is 14.0 Å². The molecular formula is C11H23NO2. The van der Waals surface area contributed by atoms with Crippen molar-refractivity contribution < 1.29 is 9.53 Å². The van der Waals surface area contributed by atoms with Crippen molar-refractivity contribution in [1.82, 2.24) is 5.32 Å². The van der Waals surface area contributed by atoms with Crippen LogP contribution in [-0.4, -0.2) is 26.2 Å². The molecule has 3 nitrogen and oxygen atoms in total. The van der Waals surface area contributed by atoms with Crippen LogP contribution in [0.5, 0.6) is 0 Å². The summed E-state index contributed by atoms with van der Waals surface area (Å²) < 4.78 is 5.13. The van der Waals surface area contributed by atoms with E-state index in [-0.39, 0.29) is 11.9 Å². The van der Waals surface area contributed by atoms with E-state index in [4.69, 9.17) is 4.74 Å². The summed E-state index contributed by atoms with van der Waals surface area (Å²) in [5.41, 5.74) is 0. The van der Waals surface area contributed by atoms with Crippen LogP contribution >= 0.6 is 0 Å². The van der Waals surface area contributed by atoms with Crippen LogP contribution in [-0.2, 0) is 9.53 Å². The number of carbonyl (C=O) groups excluding carboxylic acids is 1. The van der Waals surface area contributed by atoms with Crippen molar-refractivity contribution in [3.8, 4) is 0 Å². The zero-order valence-corrected chi connectivity index (χ0v) is 9.64. The van der Waals surface area contributed by atoms with Gasteiger partial charge in [0.2, 0.25) is 0 Å². The zero-order valence-electron chi connectivity index (χ0n) is 9.64. The van der Waals surface area contributed by atoms with Crippen LogP contribution in [0.2, 0.25) is 0 Å². The van der Waals surface area contributed by atoms with Gasteiger partial charge >= 0.3 is 5.97 Å². The van der Waals surface area contributed by atoms with Crippen LogP contribution in [0, 0.1) is 5.92 Å². The zero-order chi connectivity index (χ0) is 10.8. The Bertz CT molecular complexity index is 148. The summed E-state index contributed by atoms with van der Waals surface area (Å²) in [6, 6.07) is 0. The van der Waals surface area contributed by atoms with Crippen molar-refractivity contribution in [3.05, 3.63) is 0 Å². The van der Waals surface area contributed by atoms with E-state index in [2.05, 4.69) is 12.2 Å². The number of hydrogen-bond donors (Lipinski definition) is 1. The average Bonchev–Trinajstić information content (AvgIpc) is 2.19. The molecule has 84 valence electrons. The maximum atomic E-state index is 11.5. The molecule has 1 unspecified atom stereocenters. The van der Waals surface area contributed by atoms with Gasteiger partial charge in [-0.25, -0.2) is 0 Å². The highest BCUT2D eigenvalue weighted by Crippen LogP contribution is 2.13. The largest absolute Gasteiger partial charge is 0.464 e. The second-order valence-electron chi connectivity index (χ2n) is 3.52. The van der Waals surface area contributed by atoms with Crippen LogP contribution in [0.15, 0.2) is 0 Å². The Morgan fingerprint density at radius 2 is 2.14 bits per heavy atom. The molecule has 0 aliphatic carbocycles. The average molecular weight is 201 g/mol. The predicted octanol–water partition coefficient (Wildman–Crippen LogP) is 1.97. The second-order valence-corrected chi connectivity index (χ2v) is 3.52. The summed E-state index contributed by atoms with van der Waals surface area (Å²) in [6.07, 6.45) is 4.10. The van der Waals surface area contributed by atoms with Gasteiger partial charge in [0.1, 0.15) is 6.61 Å². The summed E-state index contributed by atoms with van der Waals surface area (Å²) in [4.78, 5) is 11.5. The molecule has 0 aliphatic heterocycles. The molecule has 0 saturated heterocycles. The summed E-state index contributed by atoms with van der Waals surface area (Å²) in [5, 5.41) is 2.95. The summed E-state index contributed by atoms with van der Waals surface area (Å²) in [7, 11) is 1.85. The molecule has 0 spiro atoms. The van der Waals surface area contributed by atoms with Gasteiger partial charge in [0.15, 0.2) is 0 Å². The molecule has 0 saturated carbocycles. The third kappa shape index (κ3) is 5.97. The van der Waals surface area contributed by atoms with Crippen LogP contribution < -0.4 is 5.32 Å². The lowest BCUT2D eigenvalue weighted by Gasteiger charge is -2.13.